The summed E-state index contributed by atoms with van der Waals surface area (Å²) in [6.07, 6.45) is 1.63. The molecule has 1 aromatic carbocycles. The van der Waals surface area contributed by atoms with Gasteiger partial charge in [0.1, 0.15) is 0 Å². The van der Waals surface area contributed by atoms with Gasteiger partial charge in [-0.2, -0.15) is 0 Å². The van der Waals surface area contributed by atoms with Crippen LogP contribution in [-0.2, 0) is 11.3 Å². The molecule has 0 aliphatic heterocycles. The lowest BCUT2D eigenvalue weighted by Crippen LogP contribution is -2.34. The summed E-state index contributed by atoms with van der Waals surface area (Å²) >= 11 is 1.36. The first-order valence-electron chi connectivity index (χ1n) is 7.29. The molecule has 0 unspecified atom stereocenters. The van der Waals surface area contributed by atoms with E-state index >= 15 is 0 Å². The van der Waals surface area contributed by atoms with Gasteiger partial charge >= 0.3 is 6.03 Å². The van der Waals surface area contributed by atoms with Crippen molar-refractivity contribution in [2.45, 2.75) is 33.4 Å². The van der Waals surface area contributed by atoms with Crippen LogP contribution in [0.1, 0.15) is 26.3 Å². The molecule has 3 amide bonds. The first-order chi connectivity index (χ1) is 11.0. The molecule has 2 rings (SSSR count). The van der Waals surface area contributed by atoms with Crippen molar-refractivity contribution in [2.75, 3.05) is 10.6 Å². The summed E-state index contributed by atoms with van der Waals surface area (Å²) in [7, 11) is 0. The lowest BCUT2D eigenvalue weighted by molar-refractivity contribution is -0.131. The third-order valence-corrected chi connectivity index (χ3v) is 3.93. The second kappa shape index (κ2) is 7.73. The Morgan fingerprint density at radius 1 is 1.22 bits per heavy atom. The van der Waals surface area contributed by atoms with Crippen molar-refractivity contribution in [3.8, 4) is 0 Å². The van der Waals surface area contributed by atoms with Crippen LogP contribution in [0.3, 0.4) is 0 Å². The third-order valence-electron chi connectivity index (χ3n) is 3.25. The molecule has 0 aliphatic carbocycles. The number of rotatable bonds is 5. The lowest BCUT2D eigenvalue weighted by atomic mass is 10.1. The zero-order chi connectivity index (χ0) is 16.8. The van der Waals surface area contributed by atoms with E-state index in [0.717, 1.165) is 5.56 Å². The third kappa shape index (κ3) is 5.07. The minimum atomic E-state index is -0.333. The van der Waals surface area contributed by atoms with Crippen LogP contribution in [0.2, 0.25) is 0 Å². The van der Waals surface area contributed by atoms with Crippen LogP contribution in [0.25, 0.3) is 0 Å². The van der Waals surface area contributed by atoms with E-state index in [-0.39, 0.29) is 18.0 Å². The van der Waals surface area contributed by atoms with Crippen molar-refractivity contribution in [3.05, 3.63) is 41.4 Å². The molecule has 0 saturated carbocycles. The van der Waals surface area contributed by atoms with E-state index in [1.54, 1.807) is 23.4 Å². The van der Waals surface area contributed by atoms with Gasteiger partial charge in [-0.15, -0.1) is 11.3 Å². The fourth-order valence-electron chi connectivity index (χ4n) is 2.09. The Bertz CT molecular complexity index is 653. The Labute approximate surface area is 139 Å². The number of urea groups is 1. The fraction of sp³-hybridized carbons (Fsp3) is 0.312. The first-order valence-corrected chi connectivity index (χ1v) is 8.17. The highest BCUT2D eigenvalue weighted by molar-refractivity contribution is 7.13. The predicted octanol–water partition coefficient (Wildman–Crippen LogP) is 3.54. The second-order valence-corrected chi connectivity index (χ2v) is 6.25. The number of amides is 3. The average molecular weight is 332 g/mol. The monoisotopic (exact) mass is 332 g/mol. The Hall–Kier alpha value is -2.41. The molecule has 0 fully saturated rings. The number of nitrogens with zero attached hydrogens (tertiary/aromatic N) is 2. The summed E-state index contributed by atoms with van der Waals surface area (Å²) in [6, 6.07) is 7.24. The molecule has 0 bridgehead atoms. The van der Waals surface area contributed by atoms with Gasteiger partial charge in [-0.25, -0.2) is 9.78 Å². The Morgan fingerprint density at radius 2 is 1.91 bits per heavy atom. The summed E-state index contributed by atoms with van der Waals surface area (Å²) in [5, 5.41) is 7.73. The maximum Gasteiger partial charge on any atom is 0.325 e. The van der Waals surface area contributed by atoms with Gasteiger partial charge in [-0.3, -0.25) is 10.1 Å². The highest BCUT2D eigenvalue weighted by Crippen LogP contribution is 2.15. The van der Waals surface area contributed by atoms with Crippen LogP contribution in [0.4, 0.5) is 15.6 Å². The van der Waals surface area contributed by atoms with Gasteiger partial charge in [0.25, 0.3) is 0 Å². The smallest absolute Gasteiger partial charge is 0.325 e. The van der Waals surface area contributed by atoms with Crippen LogP contribution in [0, 0.1) is 0 Å². The van der Waals surface area contributed by atoms with Gasteiger partial charge < -0.3 is 10.2 Å². The zero-order valence-corrected chi connectivity index (χ0v) is 14.2. The van der Waals surface area contributed by atoms with E-state index in [4.69, 9.17) is 0 Å². The molecule has 6 nitrogen and oxygen atoms in total. The number of hydrogen-bond donors (Lipinski definition) is 2. The van der Waals surface area contributed by atoms with E-state index in [1.165, 1.54) is 11.3 Å². The van der Waals surface area contributed by atoms with Gasteiger partial charge in [0.15, 0.2) is 5.13 Å². The van der Waals surface area contributed by atoms with E-state index in [9.17, 15) is 9.59 Å². The molecule has 1 aromatic heterocycles. The number of nitrogens with one attached hydrogen (secondary N) is 2. The van der Waals surface area contributed by atoms with Crippen molar-refractivity contribution < 1.29 is 9.59 Å². The highest BCUT2D eigenvalue weighted by Gasteiger charge is 2.13. The largest absolute Gasteiger partial charge is 0.336 e. The zero-order valence-electron chi connectivity index (χ0n) is 13.4. The Kier molecular flexibility index (Phi) is 5.70. The highest BCUT2D eigenvalue weighted by atomic mass is 32.1. The van der Waals surface area contributed by atoms with Crippen LogP contribution in [-0.4, -0.2) is 27.9 Å². The minimum absolute atomic E-state index is 0.0463. The topological polar surface area (TPSA) is 74.3 Å². The number of benzene rings is 1. The maximum absolute atomic E-state index is 11.8. The minimum Gasteiger partial charge on any atom is -0.336 e. The first kappa shape index (κ1) is 17.0. The average Bonchev–Trinajstić information content (AvgIpc) is 2.98. The SMILES string of the molecule is CC(=O)N(Cc1ccc(NC(=O)Nc2nccs2)cc1)C(C)C. The van der Waals surface area contributed by atoms with Crippen LogP contribution in [0.5, 0.6) is 0 Å². The Morgan fingerprint density at radius 3 is 2.43 bits per heavy atom. The van der Waals surface area contributed by atoms with Gasteiger partial charge in [-0.1, -0.05) is 12.1 Å². The molecular formula is C16H20N4O2S. The van der Waals surface area contributed by atoms with Crippen LogP contribution < -0.4 is 10.6 Å². The molecule has 2 aromatic rings. The molecule has 1 heterocycles. The lowest BCUT2D eigenvalue weighted by Gasteiger charge is -2.25. The van der Waals surface area contributed by atoms with Crippen molar-refractivity contribution in [1.82, 2.24) is 9.88 Å². The molecule has 2 N–H and O–H groups in total. The predicted molar refractivity (Wildman–Crippen MR) is 92.6 cm³/mol. The standard InChI is InChI=1S/C16H20N4O2S/c1-11(2)20(12(3)21)10-13-4-6-14(7-5-13)18-15(22)19-16-17-8-9-23-16/h4-9,11H,10H2,1-3H3,(H2,17,18,19,22). The van der Waals surface area contributed by atoms with Gasteiger partial charge in [0.05, 0.1) is 0 Å². The molecule has 7 heteroatoms. The molecule has 0 aliphatic rings. The molecular weight excluding hydrogens is 312 g/mol. The summed E-state index contributed by atoms with van der Waals surface area (Å²) < 4.78 is 0. The van der Waals surface area contributed by atoms with Gasteiger partial charge in [-0.05, 0) is 31.5 Å². The van der Waals surface area contributed by atoms with Crippen molar-refractivity contribution >= 4 is 34.1 Å². The van der Waals surface area contributed by atoms with Crippen molar-refractivity contribution in [1.29, 1.82) is 0 Å². The summed E-state index contributed by atoms with van der Waals surface area (Å²) in [4.78, 5) is 29.2. The fourth-order valence-corrected chi connectivity index (χ4v) is 2.62. The number of thiazole rings is 1. The Balaban J connectivity index is 1.93. The normalized spacial score (nSPS) is 10.4. The summed E-state index contributed by atoms with van der Waals surface area (Å²) in [5.41, 5.74) is 1.70. The number of hydrogen-bond acceptors (Lipinski definition) is 4. The summed E-state index contributed by atoms with van der Waals surface area (Å²) in [6.45, 7) is 6.10. The summed E-state index contributed by atoms with van der Waals surface area (Å²) in [5.74, 6) is 0.0463. The van der Waals surface area contributed by atoms with Gasteiger partial charge in [0, 0.05) is 36.8 Å². The molecule has 122 valence electrons. The van der Waals surface area contributed by atoms with Crippen molar-refractivity contribution in [3.63, 3.8) is 0 Å². The number of carbonyl (C=O) groups excluding carboxylic acids is 2. The number of aromatic nitrogens is 1. The number of carbonyl (C=O) groups is 2. The molecule has 0 spiro atoms. The maximum atomic E-state index is 11.8. The molecule has 23 heavy (non-hydrogen) atoms. The van der Waals surface area contributed by atoms with E-state index in [2.05, 4.69) is 15.6 Å². The van der Waals surface area contributed by atoms with Crippen LogP contribution >= 0.6 is 11.3 Å². The second-order valence-electron chi connectivity index (χ2n) is 5.35. The molecule has 0 saturated heterocycles. The van der Waals surface area contributed by atoms with Gasteiger partial charge in [0.2, 0.25) is 5.91 Å². The van der Waals surface area contributed by atoms with Crippen molar-refractivity contribution in [2.24, 2.45) is 0 Å². The quantitative estimate of drug-likeness (QED) is 0.879. The van der Waals surface area contributed by atoms with Crippen LogP contribution in [0.15, 0.2) is 35.8 Å². The van der Waals surface area contributed by atoms with E-state index < -0.39 is 0 Å². The van der Waals surface area contributed by atoms with E-state index in [0.29, 0.717) is 17.4 Å². The molecule has 0 radical (unpaired) electrons. The van der Waals surface area contributed by atoms with E-state index in [1.807, 2.05) is 38.1 Å². The molecule has 0 atom stereocenters. The number of anilines is 2.